The number of nitrogens with one attached hydrogen (secondary N) is 1. The summed E-state index contributed by atoms with van der Waals surface area (Å²) in [6.07, 6.45) is 0. The maximum Gasteiger partial charge on any atom is 0.201 e. The Morgan fingerprint density at radius 2 is 1.90 bits per heavy atom. The molecule has 0 unspecified atom stereocenters. The average Bonchev–Trinajstić information content (AvgIpc) is 2.80. The second kappa shape index (κ2) is 5.93. The molecule has 3 rings (SSSR count). The monoisotopic (exact) mass is 306 g/mol. The Labute approximate surface area is 125 Å². The first-order valence-corrected chi connectivity index (χ1v) is 8.88. The van der Waals surface area contributed by atoms with Crippen molar-refractivity contribution in [3.63, 3.8) is 0 Å². The maximum absolute atomic E-state index is 12.4. The van der Waals surface area contributed by atoms with E-state index in [1.807, 2.05) is 6.07 Å². The van der Waals surface area contributed by atoms with Crippen LogP contribution in [0.25, 0.3) is 5.76 Å². The van der Waals surface area contributed by atoms with E-state index in [2.05, 4.69) is 10.3 Å². The fourth-order valence-corrected chi connectivity index (χ4v) is 4.00. The van der Waals surface area contributed by atoms with Gasteiger partial charge in [-0.05, 0) is 0 Å². The summed E-state index contributed by atoms with van der Waals surface area (Å²) in [6.45, 7) is 1.37. The molecule has 0 atom stereocenters. The number of aliphatic hydroxyl groups is 1. The van der Waals surface area contributed by atoms with Crippen LogP contribution in [0.3, 0.4) is 0 Å². The van der Waals surface area contributed by atoms with E-state index in [-0.39, 0.29) is 11.5 Å². The summed E-state index contributed by atoms with van der Waals surface area (Å²) in [5, 5.41) is 13.5. The summed E-state index contributed by atoms with van der Waals surface area (Å²) >= 11 is 0. The van der Waals surface area contributed by atoms with Crippen molar-refractivity contribution in [2.24, 2.45) is 4.99 Å². The highest BCUT2D eigenvalue weighted by atomic mass is 33.1. The molecule has 0 spiro atoms. The minimum Gasteiger partial charge on any atom is -0.506 e. The van der Waals surface area contributed by atoms with Gasteiger partial charge in [0.05, 0.1) is 6.54 Å². The van der Waals surface area contributed by atoms with Gasteiger partial charge in [-0.15, -0.1) is 0 Å². The SMILES string of the molecule is O=C1C(C2=NCCSSCCN2)=C(O)c2ccccc21. The highest BCUT2D eigenvalue weighted by Crippen LogP contribution is 2.31. The Hall–Kier alpha value is -1.40. The van der Waals surface area contributed by atoms with Crippen LogP contribution in [-0.2, 0) is 0 Å². The quantitative estimate of drug-likeness (QED) is 0.781. The lowest BCUT2D eigenvalue weighted by Crippen LogP contribution is -2.30. The fraction of sp³-hybridized carbons (Fsp3) is 0.286. The molecule has 0 bridgehead atoms. The molecule has 6 heteroatoms. The van der Waals surface area contributed by atoms with Crippen molar-refractivity contribution in [1.82, 2.24) is 5.32 Å². The number of benzene rings is 1. The molecule has 20 heavy (non-hydrogen) atoms. The zero-order valence-electron chi connectivity index (χ0n) is 10.8. The van der Waals surface area contributed by atoms with E-state index in [4.69, 9.17) is 0 Å². The summed E-state index contributed by atoms with van der Waals surface area (Å²) in [7, 11) is 3.58. The summed E-state index contributed by atoms with van der Waals surface area (Å²) in [4.78, 5) is 16.9. The van der Waals surface area contributed by atoms with Crippen LogP contribution in [0.1, 0.15) is 15.9 Å². The molecule has 1 aliphatic carbocycles. The van der Waals surface area contributed by atoms with Crippen molar-refractivity contribution in [2.75, 3.05) is 24.6 Å². The van der Waals surface area contributed by atoms with Crippen molar-refractivity contribution in [1.29, 1.82) is 0 Å². The third kappa shape index (κ3) is 2.45. The van der Waals surface area contributed by atoms with Gasteiger partial charge in [-0.3, -0.25) is 9.79 Å². The minimum absolute atomic E-state index is 0.0383. The average molecular weight is 306 g/mol. The van der Waals surface area contributed by atoms with Crippen molar-refractivity contribution in [2.45, 2.75) is 0 Å². The Balaban J connectivity index is 1.97. The number of aliphatic imine (C=N–C) groups is 1. The largest absolute Gasteiger partial charge is 0.506 e. The van der Waals surface area contributed by atoms with Crippen LogP contribution in [0, 0.1) is 0 Å². The summed E-state index contributed by atoms with van der Waals surface area (Å²) in [5.41, 5.74) is 1.46. The summed E-state index contributed by atoms with van der Waals surface area (Å²) < 4.78 is 0. The van der Waals surface area contributed by atoms with Gasteiger partial charge in [0.15, 0.2) is 0 Å². The molecule has 2 aliphatic rings. The predicted molar refractivity (Wildman–Crippen MR) is 85.5 cm³/mol. The van der Waals surface area contributed by atoms with Gasteiger partial charge in [0.1, 0.15) is 17.2 Å². The van der Waals surface area contributed by atoms with E-state index in [0.29, 0.717) is 29.1 Å². The van der Waals surface area contributed by atoms with Crippen molar-refractivity contribution < 1.29 is 9.90 Å². The maximum atomic E-state index is 12.4. The van der Waals surface area contributed by atoms with Gasteiger partial charge in [0, 0.05) is 29.2 Å². The molecule has 104 valence electrons. The van der Waals surface area contributed by atoms with Crippen LogP contribution in [-0.4, -0.2) is 41.3 Å². The van der Waals surface area contributed by atoms with E-state index in [1.165, 1.54) is 0 Å². The third-order valence-electron chi connectivity index (χ3n) is 3.13. The van der Waals surface area contributed by atoms with Gasteiger partial charge in [0.25, 0.3) is 0 Å². The van der Waals surface area contributed by atoms with Crippen LogP contribution < -0.4 is 5.32 Å². The number of hydrogen-bond donors (Lipinski definition) is 2. The highest BCUT2D eigenvalue weighted by Gasteiger charge is 2.32. The van der Waals surface area contributed by atoms with Gasteiger partial charge < -0.3 is 10.4 Å². The lowest BCUT2D eigenvalue weighted by Gasteiger charge is -2.09. The molecule has 0 saturated heterocycles. The van der Waals surface area contributed by atoms with Crippen molar-refractivity contribution in [3.05, 3.63) is 41.0 Å². The number of carbonyl (C=O) groups is 1. The van der Waals surface area contributed by atoms with Gasteiger partial charge in [-0.1, -0.05) is 45.9 Å². The first kappa shape index (κ1) is 13.6. The van der Waals surface area contributed by atoms with E-state index in [0.717, 1.165) is 18.1 Å². The molecule has 2 N–H and O–H groups in total. The molecule has 1 aromatic carbocycles. The Morgan fingerprint density at radius 3 is 2.70 bits per heavy atom. The normalized spacial score (nSPS) is 19.6. The van der Waals surface area contributed by atoms with Crippen molar-refractivity contribution >= 4 is 39.0 Å². The number of carbonyl (C=O) groups excluding carboxylic acids is 1. The number of ketones is 1. The van der Waals surface area contributed by atoms with Gasteiger partial charge in [0.2, 0.25) is 5.78 Å². The lowest BCUT2D eigenvalue weighted by molar-refractivity contribution is 0.104. The zero-order chi connectivity index (χ0) is 13.9. The smallest absolute Gasteiger partial charge is 0.201 e. The topological polar surface area (TPSA) is 61.7 Å². The van der Waals surface area contributed by atoms with Crippen LogP contribution in [0.5, 0.6) is 0 Å². The Morgan fingerprint density at radius 1 is 1.15 bits per heavy atom. The number of Topliss-reactive ketones (excluding diaryl/α,β-unsaturated/α-hetero) is 1. The van der Waals surface area contributed by atoms with Crippen LogP contribution in [0.2, 0.25) is 0 Å². The number of nitrogens with zero attached hydrogens (tertiary/aromatic N) is 1. The first-order valence-electron chi connectivity index (χ1n) is 6.39. The number of fused-ring (bicyclic) bond motifs is 1. The van der Waals surface area contributed by atoms with Crippen LogP contribution in [0.4, 0.5) is 0 Å². The summed E-state index contributed by atoms with van der Waals surface area (Å²) in [6, 6.07) is 7.12. The second-order valence-corrected chi connectivity index (χ2v) is 7.10. The first-order chi connectivity index (χ1) is 9.79. The number of hydrogen-bond acceptors (Lipinski definition) is 6. The summed E-state index contributed by atoms with van der Waals surface area (Å²) in [5.74, 6) is 2.26. The van der Waals surface area contributed by atoms with Crippen LogP contribution in [0.15, 0.2) is 34.8 Å². The fourth-order valence-electron chi connectivity index (χ4n) is 2.23. The second-order valence-electron chi connectivity index (χ2n) is 4.40. The minimum atomic E-state index is -0.149. The molecule has 0 aromatic heterocycles. The molecule has 1 aliphatic heterocycles. The number of aliphatic hydroxyl groups excluding tert-OH is 1. The Kier molecular flexibility index (Phi) is 4.03. The molecule has 4 nitrogen and oxygen atoms in total. The van der Waals surface area contributed by atoms with Gasteiger partial charge in [-0.2, -0.15) is 0 Å². The molecule has 1 aromatic rings. The predicted octanol–water partition coefficient (Wildman–Crippen LogP) is 2.54. The van der Waals surface area contributed by atoms with E-state index < -0.39 is 0 Å². The number of rotatable bonds is 1. The van der Waals surface area contributed by atoms with E-state index in [1.54, 1.807) is 39.8 Å². The number of amidine groups is 1. The Bertz CT molecular complexity index is 611. The third-order valence-corrected chi connectivity index (χ3v) is 5.52. The highest BCUT2D eigenvalue weighted by molar-refractivity contribution is 8.76. The van der Waals surface area contributed by atoms with Crippen molar-refractivity contribution in [3.8, 4) is 0 Å². The zero-order valence-corrected chi connectivity index (χ0v) is 12.4. The molecule has 0 fully saturated rings. The molecule has 1 heterocycles. The lowest BCUT2D eigenvalue weighted by atomic mass is 10.1. The van der Waals surface area contributed by atoms with Gasteiger partial charge >= 0.3 is 0 Å². The molecule has 0 radical (unpaired) electrons. The van der Waals surface area contributed by atoms with E-state index in [9.17, 15) is 9.90 Å². The standard InChI is InChI=1S/C14H14N2O2S2/c17-12-9-3-1-2-4-10(9)13(18)11(12)14-15-5-7-19-20-8-6-16-14/h1-4,17H,5-8H2,(H,15,16). The van der Waals surface area contributed by atoms with Gasteiger partial charge in [-0.25, -0.2) is 0 Å². The molecular formula is C14H14N2O2S2. The molecule has 0 amide bonds. The van der Waals surface area contributed by atoms with E-state index >= 15 is 0 Å². The van der Waals surface area contributed by atoms with Crippen LogP contribution >= 0.6 is 21.6 Å². The molecular weight excluding hydrogens is 292 g/mol. The molecule has 0 saturated carbocycles.